The van der Waals surface area contributed by atoms with Crippen LogP contribution in [-0.2, 0) is 16.1 Å². The van der Waals surface area contributed by atoms with E-state index in [1.807, 2.05) is 33.9 Å². The molecule has 6 nitrogen and oxygen atoms in total. The Morgan fingerprint density at radius 1 is 1.09 bits per heavy atom. The predicted octanol–water partition coefficient (Wildman–Crippen LogP) is 6.31. The number of fused-ring (bicyclic) bond motifs is 1. The van der Waals surface area contributed by atoms with Gasteiger partial charge in [0.15, 0.2) is 0 Å². The van der Waals surface area contributed by atoms with Crippen LogP contribution in [0, 0.1) is 0 Å². The second-order valence-electron chi connectivity index (χ2n) is 8.28. The zero-order chi connectivity index (χ0) is 23.8. The summed E-state index contributed by atoms with van der Waals surface area (Å²) in [6, 6.07) is 12.6. The first-order valence-corrected chi connectivity index (χ1v) is 13.0. The third-order valence-corrected chi connectivity index (χ3v) is 7.74. The molecule has 9 heteroatoms. The van der Waals surface area contributed by atoms with Gasteiger partial charge < -0.3 is 9.47 Å². The summed E-state index contributed by atoms with van der Waals surface area (Å²) in [5.41, 5.74) is 2.03. The number of halogens is 2. The highest BCUT2D eigenvalue weighted by molar-refractivity contribution is 9.10. The SMILES string of the molecule is O=C(Cn1cc(/C=C2\SC(=O)N(c3ccccc3Cl)C2=O)c2cc(Br)ccc21)N1CCCCC1. The highest BCUT2D eigenvalue weighted by atomic mass is 79.9. The van der Waals surface area contributed by atoms with Crippen molar-refractivity contribution in [3.05, 3.63) is 68.6 Å². The maximum atomic E-state index is 13.1. The normalized spacial score (nSPS) is 17.9. The van der Waals surface area contributed by atoms with E-state index in [4.69, 9.17) is 11.6 Å². The molecular weight excluding hydrogens is 538 g/mol. The number of piperidine rings is 1. The minimum absolute atomic E-state index is 0.0881. The Hall–Kier alpha value is -2.55. The number of anilines is 1. The van der Waals surface area contributed by atoms with Crippen LogP contribution in [0.3, 0.4) is 0 Å². The van der Waals surface area contributed by atoms with Crippen molar-refractivity contribution >= 4 is 79.0 Å². The third-order valence-electron chi connectivity index (χ3n) is 6.06. The Morgan fingerprint density at radius 2 is 1.85 bits per heavy atom. The number of benzene rings is 2. The smallest absolute Gasteiger partial charge is 0.298 e. The van der Waals surface area contributed by atoms with Crippen molar-refractivity contribution in [1.29, 1.82) is 0 Å². The molecule has 0 N–H and O–H groups in total. The molecule has 2 aliphatic heterocycles. The molecule has 2 aromatic carbocycles. The number of nitrogens with zero attached hydrogens (tertiary/aromatic N) is 3. The van der Waals surface area contributed by atoms with Gasteiger partial charge in [-0.3, -0.25) is 14.4 Å². The fourth-order valence-electron chi connectivity index (χ4n) is 4.38. The number of carbonyl (C=O) groups is 3. The highest BCUT2D eigenvalue weighted by Gasteiger charge is 2.37. The minimum Gasteiger partial charge on any atom is -0.341 e. The fraction of sp³-hybridized carbons (Fsp3) is 0.240. The predicted molar refractivity (Wildman–Crippen MR) is 140 cm³/mol. The fourth-order valence-corrected chi connectivity index (χ4v) is 5.79. The lowest BCUT2D eigenvalue weighted by molar-refractivity contribution is -0.132. The number of hydrogen-bond donors (Lipinski definition) is 0. The molecule has 0 aliphatic carbocycles. The van der Waals surface area contributed by atoms with Crippen LogP contribution in [-0.4, -0.2) is 39.6 Å². The van der Waals surface area contributed by atoms with Gasteiger partial charge in [-0.2, -0.15) is 0 Å². The van der Waals surface area contributed by atoms with Crippen LogP contribution in [0.4, 0.5) is 10.5 Å². The van der Waals surface area contributed by atoms with Crippen molar-refractivity contribution in [2.24, 2.45) is 0 Å². The van der Waals surface area contributed by atoms with Crippen LogP contribution < -0.4 is 4.90 Å². The van der Waals surface area contributed by atoms with Crippen LogP contribution in [0.1, 0.15) is 24.8 Å². The molecule has 174 valence electrons. The lowest BCUT2D eigenvalue weighted by Crippen LogP contribution is -2.37. The van der Waals surface area contributed by atoms with Crippen molar-refractivity contribution in [3.63, 3.8) is 0 Å². The van der Waals surface area contributed by atoms with Gasteiger partial charge in [0.05, 0.1) is 15.6 Å². The number of thioether (sulfide) groups is 1. The summed E-state index contributed by atoms with van der Waals surface area (Å²) >= 11 is 10.6. The number of aromatic nitrogens is 1. The van der Waals surface area contributed by atoms with Crippen molar-refractivity contribution < 1.29 is 14.4 Å². The summed E-state index contributed by atoms with van der Waals surface area (Å²) in [5, 5.41) is 0.836. The van der Waals surface area contributed by atoms with Gasteiger partial charge in [-0.1, -0.05) is 39.7 Å². The van der Waals surface area contributed by atoms with E-state index < -0.39 is 11.1 Å². The molecule has 0 bridgehead atoms. The molecule has 3 aromatic rings. The molecule has 2 fully saturated rings. The second-order valence-corrected chi connectivity index (χ2v) is 10.6. The van der Waals surface area contributed by atoms with Crippen LogP contribution in [0.5, 0.6) is 0 Å². The molecule has 1 aromatic heterocycles. The number of carbonyl (C=O) groups excluding carboxylic acids is 3. The molecule has 2 aliphatic rings. The summed E-state index contributed by atoms with van der Waals surface area (Å²) in [6.07, 6.45) is 6.84. The minimum atomic E-state index is -0.414. The summed E-state index contributed by atoms with van der Waals surface area (Å²) in [5.74, 6) is -0.325. The number of amides is 3. The van der Waals surface area contributed by atoms with Crippen LogP contribution in [0.25, 0.3) is 17.0 Å². The summed E-state index contributed by atoms with van der Waals surface area (Å²) < 4.78 is 2.81. The molecule has 0 radical (unpaired) electrons. The topological polar surface area (TPSA) is 62.6 Å². The Labute approximate surface area is 214 Å². The molecule has 34 heavy (non-hydrogen) atoms. The first-order chi connectivity index (χ1) is 16.4. The zero-order valence-corrected chi connectivity index (χ0v) is 21.3. The Kier molecular flexibility index (Phi) is 6.55. The average Bonchev–Trinajstić information content (AvgIpc) is 3.30. The largest absolute Gasteiger partial charge is 0.341 e. The molecular formula is C25H21BrClN3O3S. The van der Waals surface area contributed by atoms with E-state index in [0.29, 0.717) is 15.6 Å². The molecule has 0 spiro atoms. The average molecular weight is 559 g/mol. The Balaban J connectivity index is 1.49. The van der Waals surface area contributed by atoms with Crippen molar-refractivity contribution in [2.45, 2.75) is 25.8 Å². The molecule has 2 saturated heterocycles. The maximum Gasteiger partial charge on any atom is 0.298 e. The van der Waals surface area contributed by atoms with Gasteiger partial charge in [0.2, 0.25) is 5.91 Å². The maximum absolute atomic E-state index is 13.1. The van der Waals surface area contributed by atoms with Crippen LogP contribution in [0.2, 0.25) is 5.02 Å². The molecule has 0 atom stereocenters. The van der Waals surface area contributed by atoms with Crippen molar-refractivity contribution in [3.8, 4) is 0 Å². The van der Waals surface area contributed by atoms with Crippen LogP contribution >= 0.6 is 39.3 Å². The second kappa shape index (κ2) is 9.60. The third kappa shape index (κ3) is 4.42. The molecule has 5 rings (SSSR count). The quantitative estimate of drug-likeness (QED) is 0.352. The van der Waals surface area contributed by atoms with Gasteiger partial charge >= 0.3 is 0 Å². The molecule has 0 saturated carbocycles. The van der Waals surface area contributed by atoms with E-state index in [1.165, 1.54) is 0 Å². The number of hydrogen-bond acceptors (Lipinski definition) is 4. The first kappa shape index (κ1) is 23.2. The lowest BCUT2D eigenvalue weighted by atomic mass is 10.1. The highest BCUT2D eigenvalue weighted by Crippen LogP contribution is 2.39. The Bertz CT molecular complexity index is 1350. The van der Waals surface area contributed by atoms with Gasteiger partial charge in [0.1, 0.15) is 6.54 Å². The van der Waals surface area contributed by atoms with E-state index in [2.05, 4.69) is 15.9 Å². The zero-order valence-electron chi connectivity index (χ0n) is 18.2. The van der Waals surface area contributed by atoms with E-state index in [0.717, 1.165) is 70.0 Å². The van der Waals surface area contributed by atoms with E-state index >= 15 is 0 Å². The van der Waals surface area contributed by atoms with E-state index in [9.17, 15) is 14.4 Å². The number of likely N-dealkylation sites (tertiary alicyclic amines) is 1. The van der Waals surface area contributed by atoms with Gasteiger partial charge in [0.25, 0.3) is 11.1 Å². The van der Waals surface area contributed by atoms with Gasteiger partial charge in [-0.05, 0) is 67.4 Å². The van der Waals surface area contributed by atoms with Gasteiger partial charge in [-0.25, -0.2) is 4.90 Å². The lowest BCUT2D eigenvalue weighted by Gasteiger charge is -2.27. The first-order valence-electron chi connectivity index (χ1n) is 11.0. The van der Waals surface area contributed by atoms with Gasteiger partial charge in [-0.15, -0.1) is 0 Å². The monoisotopic (exact) mass is 557 g/mol. The molecule has 3 heterocycles. The van der Waals surface area contributed by atoms with Crippen molar-refractivity contribution in [1.82, 2.24) is 9.47 Å². The van der Waals surface area contributed by atoms with Crippen LogP contribution in [0.15, 0.2) is 58.0 Å². The molecule has 0 unspecified atom stereocenters. The number of para-hydroxylation sites is 1. The van der Waals surface area contributed by atoms with E-state index in [1.54, 1.807) is 30.3 Å². The number of imide groups is 1. The van der Waals surface area contributed by atoms with Gasteiger partial charge in [0, 0.05) is 40.2 Å². The summed E-state index contributed by atoms with van der Waals surface area (Å²) in [6.45, 7) is 1.82. The summed E-state index contributed by atoms with van der Waals surface area (Å²) in [4.78, 5) is 42.1. The van der Waals surface area contributed by atoms with Crippen molar-refractivity contribution in [2.75, 3.05) is 18.0 Å². The Morgan fingerprint density at radius 3 is 2.62 bits per heavy atom. The van der Waals surface area contributed by atoms with E-state index in [-0.39, 0.29) is 12.5 Å². The summed E-state index contributed by atoms with van der Waals surface area (Å²) in [7, 11) is 0. The number of rotatable bonds is 4. The molecule has 3 amide bonds. The standard InChI is InChI=1S/C25H21BrClN3O3S/c26-17-8-9-20-18(13-17)16(14-29(20)15-23(31)28-10-4-1-5-11-28)12-22-24(32)30(25(33)34-22)21-7-3-2-6-19(21)27/h2-3,6-9,12-14H,1,4-5,10-11,15H2/b22-12-.